The van der Waals surface area contributed by atoms with Crippen molar-refractivity contribution >= 4 is 46.6 Å². The highest BCUT2D eigenvalue weighted by molar-refractivity contribution is 6.36. The molecule has 2 heterocycles. The zero-order chi connectivity index (χ0) is 19.9. The maximum atomic E-state index is 12.1. The summed E-state index contributed by atoms with van der Waals surface area (Å²) in [6.45, 7) is 2.87. The first-order valence-electron chi connectivity index (χ1n) is 8.52. The number of carbonyl (C=O) groups is 1. The molecule has 0 bridgehead atoms. The van der Waals surface area contributed by atoms with E-state index in [0.29, 0.717) is 46.2 Å². The SMILES string of the molecule is Cc1ccnc(Nc2ccc(NCCNC(=O)c3ccc(Cl)cc3Cl)nn2)c1. The van der Waals surface area contributed by atoms with Gasteiger partial charge in [0.15, 0.2) is 5.82 Å². The summed E-state index contributed by atoms with van der Waals surface area (Å²) in [4.78, 5) is 16.3. The summed E-state index contributed by atoms with van der Waals surface area (Å²) in [7, 11) is 0. The third kappa shape index (κ3) is 5.55. The molecule has 0 aliphatic rings. The number of pyridine rings is 1. The minimum absolute atomic E-state index is 0.264. The number of nitrogens with zero attached hydrogens (tertiary/aromatic N) is 3. The highest BCUT2D eigenvalue weighted by Gasteiger charge is 2.10. The second-order valence-electron chi connectivity index (χ2n) is 5.95. The van der Waals surface area contributed by atoms with E-state index in [1.807, 2.05) is 19.1 Å². The van der Waals surface area contributed by atoms with Gasteiger partial charge < -0.3 is 16.0 Å². The Kier molecular flexibility index (Phi) is 6.62. The number of aromatic nitrogens is 3. The van der Waals surface area contributed by atoms with Crippen LogP contribution in [0.3, 0.4) is 0 Å². The van der Waals surface area contributed by atoms with Gasteiger partial charge >= 0.3 is 0 Å². The fourth-order valence-electron chi connectivity index (χ4n) is 2.36. The molecule has 2 aromatic heterocycles. The molecule has 0 aliphatic carbocycles. The molecule has 0 saturated heterocycles. The first kappa shape index (κ1) is 19.9. The van der Waals surface area contributed by atoms with Crippen LogP contribution >= 0.6 is 23.2 Å². The van der Waals surface area contributed by atoms with Gasteiger partial charge in [-0.1, -0.05) is 23.2 Å². The number of nitrogens with one attached hydrogen (secondary N) is 3. The molecule has 0 aliphatic heterocycles. The van der Waals surface area contributed by atoms with Gasteiger partial charge in [-0.3, -0.25) is 4.79 Å². The zero-order valence-electron chi connectivity index (χ0n) is 15.0. The molecule has 3 rings (SSSR count). The first-order valence-corrected chi connectivity index (χ1v) is 9.27. The van der Waals surface area contributed by atoms with Gasteiger partial charge in [0.1, 0.15) is 11.6 Å². The lowest BCUT2D eigenvalue weighted by Gasteiger charge is -2.09. The van der Waals surface area contributed by atoms with Crippen LogP contribution in [0.5, 0.6) is 0 Å². The maximum absolute atomic E-state index is 12.1. The number of anilines is 3. The van der Waals surface area contributed by atoms with Gasteiger partial charge in [0.25, 0.3) is 5.91 Å². The summed E-state index contributed by atoms with van der Waals surface area (Å²) in [5, 5.41) is 18.0. The summed E-state index contributed by atoms with van der Waals surface area (Å²) in [6.07, 6.45) is 1.73. The molecular weight excluding hydrogens is 399 g/mol. The van der Waals surface area contributed by atoms with Crippen LogP contribution in [0.15, 0.2) is 48.7 Å². The number of halogens is 2. The average molecular weight is 417 g/mol. The van der Waals surface area contributed by atoms with Gasteiger partial charge in [-0.15, -0.1) is 10.2 Å². The molecule has 144 valence electrons. The molecule has 0 radical (unpaired) electrons. The maximum Gasteiger partial charge on any atom is 0.252 e. The van der Waals surface area contributed by atoms with Crippen molar-refractivity contribution in [3.05, 3.63) is 69.8 Å². The topological polar surface area (TPSA) is 91.8 Å². The number of hydrogen-bond acceptors (Lipinski definition) is 6. The lowest BCUT2D eigenvalue weighted by molar-refractivity contribution is 0.0955. The molecule has 28 heavy (non-hydrogen) atoms. The molecular formula is C19H18Cl2N6O. The Labute approximate surface area is 172 Å². The van der Waals surface area contributed by atoms with Crippen LogP contribution in [-0.4, -0.2) is 34.2 Å². The smallest absolute Gasteiger partial charge is 0.252 e. The Hall–Kier alpha value is -2.90. The fraction of sp³-hybridized carbons (Fsp3) is 0.158. The predicted molar refractivity (Wildman–Crippen MR) is 112 cm³/mol. The van der Waals surface area contributed by atoms with Crippen LogP contribution < -0.4 is 16.0 Å². The second-order valence-corrected chi connectivity index (χ2v) is 6.80. The number of hydrogen-bond donors (Lipinski definition) is 3. The minimum atomic E-state index is -0.264. The van der Waals surface area contributed by atoms with Crippen LogP contribution in [0.2, 0.25) is 10.0 Å². The summed E-state index contributed by atoms with van der Waals surface area (Å²) >= 11 is 11.9. The van der Waals surface area contributed by atoms with Crippen LogP contribution in [-0.2, 0) is 0 Å². The number of amides is 1. The van der Waals surface area contributed by atoms with Crippen molar-refractivity contribution in [2.75, 3.05) is 23.7 Å². The normalized spacial score (nSPS) is 10.4. The van der Waals surface area contributed by atoms with Crippen molar-refractivity contribution in [3.8, 4) is 0 Å². The van der Waals surface area contributed by atoms with Crippen molar-refractivity contribution in [1.29, 1.82) is 0 Å². The Morgan fingerprint density at radius 1 is 0.964 bits per heavy atom. The number of aryl methyl sites for hydroxylation is 1. The van der Waals surface area contributed by atoms with Gasteiger partial charge in [0, 0.05) is 24.3 Å². The molecule has 0 saturated carbocycles. The van der Waals surface area contributed by atoms with E-state index < -0.39 is 0 Å². The van der Waals surface area contributed by atoms with Crippen molar-refractivity contribution in [3.63, 3.8) is 0 Å². The molecule has 0 atom stereocenters. The fourth-order valence-corrected chi connectivity index (χ4v) is 2.86. The van der Waals surface area contributed by atoms with Crippen molar-refractivity contribution < 1.29 is 4.79 Å². The summed E-state index contributed by atoms with van der Waals surface area (Å²) in [5.74, 6) is 1.63. The van der Waals surface area contributed by atoms with E-state index in [1.54, 1.807) is 30.5 Å². The number of rotatable bonds is 7. The summed E-state index contributed by atoms with van der Waals surface area (Å²) < 4.78 is 0. The van der Waals surface area contributed by atoms with E-state index in [4.69, 9.17) is 23.2 Å². The molecule has 0 fully saturated rings. The van der Waals surface area contributed by atoms with Crippen LogP contribution in [0, 0.1) is 6.92 Å². The standard InChI is InChI=1S/C19H18Cl2N6O/c1-12-6-7-22-18(10-12)25-17-5-4-16(26-27-17)23-8-9-24-19(28)14-3-2-13(20)11-15(14)21/h2-7,10-11H,8-9H2,1H3,(H,23,26)(H,24,28)(H,22,25,27). The van der Waals surface area contributed by atoms with Crippen LogP contribution in [0.4, 0.5) is 17.5 Å². The average Bonchev–Trinajstić information content (AvgIpc) is 2.66. The number of carbonyl (C=O) groups excluding carboxylic acids is 1. The van der Waals surface area contributed by atoms with Gasteiger partial charge in [0.05, 0.1) is 10.6 Å². The minimum Gasteiger partial charge on any atom is -0.367 e. The van der Waals surface area contributed by atoms with E-state index in [1.165, 1.54) is 6.07 Å². The van der Waals surface area contributed by atoms with Gasteiger partial charge in [-0.05, 0) is 55.0 Å². The lowest BCUT2D eigenvalue weighted by Crippen LogP contribution is -2.29. The van der Waals surface area contributed by atoms with Gasteiger partial charge in [0.2, 0.25) is 0 Å². The third-order valence-electron chi connectivity index (χ3n) is 3.73. The molecule has 9 heteroatoms. The zero-order valence-corrected chi connectivity index (χ0v) is 16.6. The largest absolute Gasteiger partial charge is 0.367 e. The Morgan fingerprint density at radius 2 is 1.75 bits per heavy atom. The Bertz CT molecular complexity index is 965. The molecule has 0 spiro atoms. The first-order chi connectivity index (χ1) is 13.5. The monoisotopic (exact) mass is 416 g/mol. The second kappa shape index (κ2) is 9.34. The molecule has 1 aromatic carbocycles. The number of benzene rings is 1. The van der Waals surface area contributed by atoms with E-state index in [0.717, 1.165) is 5.56 Å². The van der Waals surface area contributed by atoms with E-state index in [9.17, 15) is 4.79 Å². The highest BCUT2D eigenvalue weighted by atomic mass is 35.5. The van der Waals surface area contributed by atoms with E-state index in [-0.39, 0.29) is 5.91 Å². The summed E-state index contributed by atoms with van der Waals surface area (Å²) in [5.41, 5.74) is 1.48. The quantitative estimate of drug-likeness (QED) is 0.502. The van der Waals surface area contributed by atoms with Gasteiger partial charge in [-0.25, -0.2) is 4.98 Å². The van der Waals surface area contributed by atoms with Crippen LogP contribution in [0.25, 0.3) is 0 Å². The Morgan fingerprint density at radius 3 is 2.46 bits per heavy atom. The predicted octanol–water partition coefficient (Wildman–Crippen LogP) is 4.07. The molecule has 0 unspecified atom stereocenters. The van der Waals surface area contributed by atoms with Crippen LogP contribution in [0.1, 0.15) is 15.9 Å². The summed E-state index contributed by atoms with van der Waals surface area (Å²) in [6, 6.07) is 12.2. The van der Waals surface area contributed by atoms with Crippen molar-refractivity contribution in [1.82, 2.24) is 20.5 Å². The van der Waals surface area contributed by atoms with Crippen molar-refractivity contribution in [2.45, 2.75) is 6.92 Å². The van der Waals surface area contributed by atoms with E-state index in [2.05, 4.69) is 31.1 Å². The molecule has 3 aromatic rings. The van der Waals surface area contributed by atoms with Crippen molar-refractivity contribution in [2.24, 2.45) is 0 Å². The molecule has 1 amide bonds. The molecule has 3 N–H and O–H groups in total. The Balaban J connectivity index is 1.45. The third-order valence-corrected chi connectivity index (χ3v) is 4.28. The van der Waals surface area contributed by atoms with E-state index >= 15 is 0 Å². The molecule has 7 nitrogen and oxygen atoms in total. The van der Waals surface area contributed by atoms with Gasteiger partial charge in [-0.2, -0.15) is 0 Å². The lowest BCUT2D eigenvalue weighted by atomic mass is 10.2. The highest BCUT2D eigenvalue weighted by Crippen LogP contribution is 2.20.